The molecule has 8 nitrogen and oxygen atoms in total. The van der Waals surface area contributed by atoms with Crippen LogP contribution in [0.1, 0.15) is 37.6 Å². The van der Waals surface area contributed by atoms with Gasteiger partial charge in [0.2, 0.25) is 0 Å². The van der Waals surface area contributed by atoms with Gasteiger partial charge in [0.05, 0.1) is 23.0 Å². The Balaban J connectivity index is 1.37. The summed E-state index contributed by atoms with van der Waals surface area (Å²) in [5.74, 6) is 2.16. The summed E-state index contributed by atoms with van der Waals surface area (Å²) in [7, 11) is -2.56. The Bertz CT molecular complexity index is 1310. The fourth-order valence-electron chi connectivity index (χ4n) is 4.74. The first-order chi connectivity index (χ1) is 17.5. The molecular weight excluding hydrogens is 476 g/mol. The predicted octanol–water partition coefficient (Wildman–Crippen LogP) is 5.85. The SMILES string of the molecule is CCOCc1nc2cnc3cc(OCc4ccccc4)ccc3c2n1CCCCN1CCCS1(O)O. The smallest absolute Gasteiger partial charge is 0.136 e. The third kappa shape index (κ3) is 5.50. The van der Waals surface area contributed by atoms with E-state index in [1.54, 1.807) is 0 Å². The molecule has 0 radical (unpaired) electrons. The van der Waals surface area contributed by atoms with Crippen LogP contribution in [0.5, 0.6) is 5.75 Å². The van der Waals surface area contributed by atoms with E-state index >= 15 is 0 Å². The average Bonchev–Trinajstić information content (AvgIpc) is 3.42. The number of aryl methyl sites for hydroxylation is 1. The molecule has 4 aromatic rings. The van der Waals surface area contributed by atoms with E-state index in [1.807, 2.05) is 59.9 Å². The minimum atomic E-state index is -2.56. The molecule has 0 atom stereocenters. The molecular formula is C27H34N4O4S. The van der Waals surface area contributed by atoms with Gasteiger partial charge in [-0.15, -0.1) is 10.8 Å². The zero-order valence-corrected chi connectivity index (χ0v) is 21.5. The van der Waals surface area contributed by atoms with Gasteiger partial charge in [0.25, 0.3) is 0 Å². The van der Waals surface area contributed by atoms with E-state index in [0.717, 1.165) is 71.4 Å². The van der Waals surface area contributed by atoms with Gasteiger partial charge in [-0.05, 0) is 43.9 Å². The Labute approximate surface area is 213 Å². The highest BCUT2D eigenvalue weighted by atomic mass is 32.3. The van der Waals surface area contributed by atoms with Gasteiger partial charge in [0.1, 0.15) is 30.3 Å². The summed E-state index contributed by atoms with van der Waals surface area (Å²) >= 11 is 0. The van der Waals surface area contributed by atoms with Gasteiger partial charge in [-0.3, -0.25) is 14.1 Å². The molecule has 3 heterocycles. The van der Waals surface area contributed by atoms with Crippen LogP contribution in [-0.2, 0) is 24.5 Å². The average molecular weight is 511 g/mol. The third-order valence-corrected chi connectivity index (χ3v) is 8.61. The van der Waals surface area contributed by atoms with Crippen LogP contribution in [-0.4, -0.2) is 53.4 Å². The largest absolute Gasteiger partial charge is 0.489 e. The number of hydrogen-bond acceptors (Lipinski definition) is 7. The Morgan fingerprint density at radius 2 is 1.83 bits per heavy atom. The van der Waals surface area contributed by atoms with Crippen LogP contribution in [0.2, 0.25) is 0 Å². The van der Waals surface area contributed by atoms with Crippen LogP contribution < -0.4 is 4.74 Å². The summed E-state index contributed by atoms with van der Waals surface area (Å²) in [4.78, 5) is 9.50. The van der Waals surface area contributed by atoms with Crippen molar-refractivity contribution < 1.29 is 18.6 Å². The van der Waals surface area contributed by atoms with Crippen molar-refractivity contribution in [1.29, 1.82) is 0 Å². The topological polar surface area (TPSA) is 92.9 Å². The fourth-order valence-corrected chi connectivity index (χ4v) is 6.36. The summed E-state index contributed by atoms with van der Waals surface area (Å²) in [6.45, 7) is 5.78. The lowest BCUT2D eigenvalue weighted by molar-refractivity contribution is 0.126. The maximum atomic E-state index is 10.2. The van der Waals surface area contributed by atoms with E-state index in [2.05, 4.69) is 15.6 Å². The molecule has 192 valence electrons. The van der Waals surface area contributed by atoms with Gasteiger partial charge >= 0.3 is 0 Å². The third-order valence-electron chi connectivity index (χ3n) is 6.59. The van der Waals surface area contributed by atoms with Gasteiger partial charge in [-0.25, -0.2) is 9.29 Å². The Morgan fingerprint density at radius 3 is 2.61 bits per heavy atom. The lowest BCUT2D eigenvalue weighted by atomic mass is 10.1. The van der Waals surface area contributed by atoms with Crippen molar-refractivity contribution in [3.63, 3.8) is 0 Å². The molecule has 0 spiro atoms. The molecule has 0 unspecified atom stereocenters. The number of rotatable bonds is 11. The van der Waals surface area contributed by atoms with Gasteiger partial charge in [-0.1, -0.05) is 30.3 Å². The van der Waals surface area contributed by atoms with E-state index in [0.29, 0.717) is 32.1 Å². The molecule has 36 heavy (non-hydrogen) atoms. The van der Waals surface area contributed by atoms with E-state index < -0.39 is 10.8 Å². The van der Waals surface area contributed by atoms with Crippen molar-refractivity contribution in [3.05, 3.63) is 66.1 Å². The Kier molecular flexibility index (Phi) is 7.73. The minimum Gasteiger partial charge on any atom is -0.489 e. The van der Waals surface area contributed by atoms with E-state index in [9.17, 15) is 9.11 Å². The van der Waals surface area contributed by atoms with Crippen LogP contribution >= 0.6 is 10.8 Å². The van der Waals surface area contributed by atoms with Crippen LogP contribution in [0.15, 0.2) is 54.7 Å². The first-order valence-corrected chi connectivity index (χ1v) is 14.3. The van der Waals surface area contributed by atoms with Crippen LogP contribution in [0.4, 0.5) is 0 Å². The first-order valence-electron chi connectivity index (χ1n) is 12.6. The molecule has 0 saturated carbocycles. The van der Waals surface area contributed by atoms with Crippen LogP contribution in [0.25, 0.3) is 21.9 Å². The lowest BCUT2D eigenvalue weighted by Gasteiger charge is -2.36. The number of imidazole rings is 1. The molecule has 5 rings (SSSR count). The zero-order valence-electron chi connectivity index (χ0n) is 20.7. The number of ether oxygens (including phenoxy) is 2. The molecule has 0 amide bonds. The molecule has 1 fully saturated rings. The van der Waals surface area contributed by atoms with Crippen molar-refractivity contribution in [2.75, 3.05) is 25.4 Å². The summed E-state index contributed by atoms with van der Waals surface area (Å²) in [6.07, 6.45) is 4.45. The quantitative estimate of drug-likeness (QED) is 0.244. The summed E-state index contributed by atoms with van der Waals surface area (Å²) < 4.78 is 36.2. The highest BCUT2D eigenvalue weighted by Crippen LogP contribution is 2.48. The maximum Gasteiger partial charge on any atom is 0.136 e. The number of benzene rings is 2. The van der Waals surface area contributed by atoms with Gasteiger partial charge in [0, 0.05) is 37.7 Å². The second kappa shape index (κ2) is 11.1. The fraction of sp³-hybridized carbons (Fsp3) is 0.407. The van der Waals surface area contributed by atoms with Crippen LogP contribution in [0, 0.1) is 0 Å². The Hall–Kier alpha value is -2.69. The standard InChI is InChI=1S/C27H34N4O4S/c1-2-34-20-26-29-25-18-28-24-17-22(35-19-21-9-4-3-5-10-21)11-12-23(24)27(25)31(26)15-7-6-13-30-14-8-16-36(30,32)33/h3-5,9-12,17-18,32-33H,2,6-8,13-16,19-20H2,1H3. The number of unbranched alkanes of at least 4 members (excludes halogenated alkanes) is 1. The normalized spacial score (nSPS) is 16.6. The first kappa shape index (κ1) is 25.0. The van der Waals surface area contributed by atoms with Crippen molar-refractivity contribution >= 4 is 32.7 Å². The molecule has 1 aliphatic heterocycles. The van der Waals surface area contributed by atoms with E-state index in [1.165, 1.54) is 0 Å². The number of pyridine rings is 1. The monoisotopic (exact) mass is 510 g/mol. The van der Waals surface area contributed by atoms with E-state index in [-0.39, 0.29) is 0 Å². The molecule has 2 aromatic heterocycles. The Morgan fingerprint density at radius 1 is 1.00 bits per heavy atom. The number of nitrogens with zero attached hydrogens (tertiary/aromatic N) is 4. The molecule has 2 N–H and O–H groups in total. The summed E-state index contributed by atoms with van der Waals surface area (Å²) in [5.41, 5.74) is 3.89. The second-order valence-electron chi connectivity index (χ2n) is 9.09. The maximum absolute atomic E-state index is 10.2. The van der Waals surface area contributed by atoms with Gasteiger partial charge in [0.15, 0.2) is 0 Å². The molecule has 1 aliphatic rings. The molecule has 0 aliphatic carbocycles. The van der Waals surface area contributed by atoms with E-state index in [4.69, 9.17) is 14.5 Å². The zero-order chi connectivity index (χ0) is 25.0. The summed E-state index contributed by atoms with van der Waals surface area (Å²) in [5, 5.41) is 1.03. The molecule has 9 heteroatoms. The molecule has 0 bridgehead atoms. The van der Waals surface area contributed by atoms with Crippen LogP contribution in [0.3, 0.4) is 0 Å². The van der Waals surface area contributed by atoms with Crippen molar-refractivity contribution in [2.24, 2.45) is 0 Å². The van der Waals surface area contributed by atoms with Crippen molar-refractivity contribution in [1.82, 2.24) is 18.8 Å². The molecule has 2 aromatic carbocycles. The van der Waals surface area contributed by atoms with Gasteiger partial charge < -0.3 is 14.0 Å². The molecule has 1 saturated heterocycles. The summed E-state index contributed by atoms with van der Waals surface area (Å²) in [6, 6.07) is 16.1. The number of aromatic nitrogens is 3. The highest BCUT2D eigenvalue weighted by molar-refractivity contribution is 8.22. The van der Waals surface area contributed by atoms with Crippen molar-refractivity contribution in [2.45, 2.75) is 45.9 Å². The second-order valence-corrected chi connectivity index (χ2v) is 11.3. The highest BCUT2D eigenvalue weighted by Gasteiger charge is 2.28. The number of hydrogen-bond donors (Lipinski definition) is 2. The lowest BCUT2D eigenvalue weighted by Crippen LogP contribution is -2.24. The predicted molar refractivity (Wildman–Crippen MR) is 144 cm³/mol. The number of fused-ring (bicyclic) bond motifs is 3. The van der Waals surface area contributed by atoms with Gasteiger partial charge in [-0.2, -0.15) is 0 Å². The van der Waals surface area contributed by atoms with Crippen molar-refractivity contribution in [3.8, 4) is 5.75 Å². The minimum absolute atomic E-state index is 0.442.